The smallest absolute Gasteiger partial charge is 0.338 e. The number of hydrogen-bond donors (Lipinski definition) is 1. The molecule has 0 spiro atoms. The number of likely N-dealkylation sites (N-methyl/N-ethyl adjacent to an activating group) is 1. The Morgan fingerprint density at radius 3 is 2.43 bits per heavy atom. The van der Waals surface area contributed by atoms with Crippen LogP contribution in [0.1, 0.15) is 35.8 Å². The van der Waals surface area contributed by atoms with Gasteiger partial charge in [-0.25, -0.2) is 18.4 Å². The fourth-order valence-electron chi connectivity index (χ4n) is 4.81. The largest absolute Gasteiger partial charge is 0.463 e. The van der Waals surface area contributed by atoms with Crippen molar-refractivity contribution in [2.75, 3.05) is 39.8 Å². The van der Waals surface area contributed by atoms with Crippen molar-refractivity contribution in [2.45, 2.75) is 25.9 Å². The summed E-state index contributed by atoms with van der Waals surface area (Å²) >= 11 is 0. The fraction of sp³-hybridized carbons (Fsp3) is 0.370. The lowest BCUT2D eigenvalue weighted by Gasteiger charge is -2.42. The normalized spacial score (nSPS) is 20.6. The Kier molecular flexibility index (Phi) is 7.87. The molecule has 10 heteroatoms. The molecule has 1 saturated heterocycles. The van der Waals surface area contributed by atoms with Gasteiger partial charge in [-0.15, -0.1) is 0 Å². The maximum absolute atomic E-state index is 14.0. The second-order valence-corrected chi connectivity index (χ2v) is 9.17. The number of urea groups is 1. The van der Waals surface area contributed by atoms with Gasteiger partial charge in [-0.1, -0.05) is 18.2 Å². The molecule has 1 N–H and O–H groups in total. The van der Waals surface area contributed by atoms with Crippen molar-refractivity contribution in [2.24, 2.45) is 0 Å². The summed E-state index contributed by atoms with van der Waals surface area (Å²) in [4.78, 5) is 44.1. The minimum atomic E-state index is -0.873. The van der Waals surface area contributed by atoms with Gasteiger partial charge >= 0.3 is 12.0 Å². The van der Waals surface area contributed by atoms with E-state index in [2.05, 4.69) is 5.32 Å². The van der Waals surface area contributed by atoms with Crippen LogP contribution in [0.2, 0.25) is 0 Å². The minimum absolute atomic E-state index is 0.140. The number of halogens is 2. The van der Waals surface area contributed by atoms with E-state index in [1.165, 1.54) is 41.3 Å². The lowest BCUT2D eigenvalue weighted by atomic mass is 9.94. The van der Waals surface area contributed by atoms with Gasteiger partial charge in [0.1, 0.15) is 11.6 Å². The number of rotatable bonds is 6. The second kappa shape index (κ2) is 11.1. The zero-order valence-electron chi connectivity index (χ0n) is 21.0. The van der Waals surface area contributed by atoms with Gasteiger partial charge in [0.05, 0.1) is 18.2 Å². The van der Waals surface area contributed by atoms with Gasteiger partial charge in [0.25, 0.3) is 5.91 Å². The second-order valence-electron chi connectivity index (χ2n) is 9.17. The summed E-state index contributed by atoms with van der Waals surface area (Å²) in [6, 6.07) is 9.86. The monoisotopic (exact) mass is 512 g/mol. The van der Waals surface area contributed by atoms with Crippen LogP contribution in [-0.2, 0) is 9.53 Å². The quantitative estimate of drug-likeness (QED) is 0.601. The Labute approximate surface area is 214 Å². The average Bonchev–Trinajstić information content (AvgIpc) is 2.86. The summed E-state index contributed by atoms with van der Waals surface area (Å²) in [6.45, 7) is 5.32. The van der Waals surface area contributed by atoms with Crippen LogP contribution in [0.25, 0.3) is 0 Å². The number of amides is 3. The van der Waals surface area contributed by atoms with Crippen LogP contribution in [0.15, 0.2) is 59.8 Å². The number of piperazine rings is 1. The number of nitrogens with zero attached hydrogens (tertiary/aromatic N) is 3. The molecule has 37 heavy (non-hydrogen) atoms. The highest BCUT2D eigenvalue weighted by Crippen LogP contribution is 2.32. The van der Waals surface area contributed by atoms with Gasteiger partial charge < -0.3 is 15.0 Å². The molecule has 2 aliphatic rings. The molecule has 0 unspecified atom stereocenters. The molecule has 8 nitrogen and oxygen atoms in total. The van der Waals surface area contributed by atoms with Crippen molar-refractivity contribution in [1.82, 2.24) is 20.0 Å². The molecule has 0 saturated carbocycles. The first-order chi connectivity index (χ1) is 17.7. The summed E-state index contributed by atoms with van der Waals surface area (Å²) in [5.41, 5.74) is 1.41. The van der Waals surface area contributed by atoms with Crippen LogP contribution in [0.3, 0.4) is 0 Å². The van der Waals surface area contributed by atoms with E-state index in [0.717, 1.165) is 0 Å². The molecule has 0 bridgehead atoms. The number of nitrogens with one attached hydrogen (secondary N) is 1. The zero-order chi connectivity index (χ0) is 26.7. The van der Waals surface area contributed by atoms with Crippen molar-refractivity contribution < 1.29 is 27.9 Å². The van der Waals surface area contributed by atoms with Gasteiger partial charge in [0.2, 0.25) is 0 Å². The Balaban J connectivity index is 1.60. The first-order valence-corrected chi connectivity index (χ1v) is 12.2. The summed E-state index contributed by atoms with van der Waals surface area (Å²) < 4.78 is 33.0. The number of benzene rings is 2. The molecule has 0 aliphatic carbocycles. The molecule has 2 aromatic rings. The van der Waals surface area contributed by atoms with Gasteiger partial charge in [-0.05, 0) is 49.7 Å². The van der Waals surface area contributed by atoms with Crippen LogP contribution in [0.4, 0.5) is 13.6 Å². The van der Waals surface area contributed by atoms with Gasteiger partial charge in [0.15, 0.2) is 0 Å². The standard InChI is InChI=1S/C27H30F2N4O4/c1-4-37-26(35)23-22(31(3)27(36)30-24(23)18-7-5-9-20(28)13-18)16-32-11-12-33(17(2)15-32)25(34)19-8-6-10-21(29)14-19/h5-10,13-14,17,24H,4,11-12,15-16H2,1-3H3,(H,30,36)/t17-,24-/m0/s1. The number of esters is 1. The molecule has 0 radical (unpaired) electrons. The zero-order valence-corrected chi connectivity index (χ0v) is 21.0. The Morgan fingerprint density at radius 1 is 1.08 bits per heavy atom. The summed E-state index contributed by atoms with van der Waals surface area (Å²) in [5.74, 6) is -1.80. The molecule has 2 atom stereocenters. The number of hydrogen-bond acceptors (Lipinski definition) is 5. The number of ether oxygens (including phenoxy) is 1. The predicted octanol–water partition coefficient (Wildman–Crippen LogP) is 3.32. The van der Waals surface area contributed by atoms with Crippen molar-refractivity contribution in [3.63, 3.8) is 0 Å². The van der Waals surface area contributed by atoms with E-state index in [9.17, 15) is 23.2 Å². The molecule has 3 amide bonds. The van der Waals surface area contributed by atoms with Crippen LogP contribution in [0.5, 0.6) is 0 Å². The van der Waals surface area contributed by atoms with E-state index in [1.54, 1.807) is 31.0 Å². The Morgan fingerprint density at radius 2 is 1.78 bits per heavy atom. The van der Waals surface area contributed by atoms with Crippen LogP contribution in [-0.4, -0.2) is 78.5 Å². The molecule has 0 aromatic heterocycles. The molecule has 4 rings (SSSR count). The predicted molar refractivity (Wildman–Crippen MR) is 132 cm³/mol. The Bertz CT molecular complexity index is 1230. The number of carbonyl (C=O) groups is 3. The molecule has 196 valence electrons. The first-order valence-electron chi connectivity index (χ1n) is 12.2. The summed E-state index contributed by atoms with van der Waals surface area (Å²) in [6.07, 6.45) is 0. The van der Waals surface area contributed by atoms with Gasteiger partial charge in [-0.3, -0.25) is 14.6 Å². The van der Waals surface area contributed by atoms with Gasteiger partial charge in [-0.2, -0.15) is 0 Å². The van der Waals surface area contributed by atoms with E-state index in [-0.39, 0.29) is 36.2 Å². The molecule has 2 heterocycles. The molecule has 1 fully saturated rings. The maximum atomic E-state index is 14.0. The van der Waals surface area contributed by atoms with E-state index in [1.807, 2.05) is 11.8 Å². The van der Waals surface area contributed by atoms with E-state index in [4.69, 9.17) is 4.74 Å². The van der Waals surface area contributed by atoms with E-state index in [0.29, 0.717) is 30.9 Å². The molecular formula is C27H30F2N4O4. The highest BCUT2D eigenvalue weighted by atomic mass is 19.1. The van der Waals surface area contributed by atoms with Crippen LogP contribution < -0.4 is 5.32 Å². The van der Waals surface area contributed by atoms with Crippen LogP contribution in [0, 0.1) is 11.6 Å². The lowest BCUT2D eigenvalue weighted by Crippen LogP contribution is -2.56. The Hall–Kier alpha value is -3.79. The summed E-state index contributed by atoms with van der Waals surface area (Å²) in [7, 11) is 1.57. The fourth-order valence-corrected chi connectivity index (χ4v) is 4.81. The lowest BCUT2D eigenvalue weighted by molar-refractivity contribution is -0.139. The van der Waals surface area contributed by atoms with Crippen molar-refractivity contribution in [3.05, 3.63) is 82.6 Å². The first kappa shape index (κ1) is 26.3. The number of carbonyl (C=O) groups excluding carboxylic acids is 3. The average molecular weight is 513 g/mol. The SMILES string of the molecule is CCOC(=O)C1=C(CN2CCN(C(=O)c3cccc(F)c3)[C@@H](C)C2)N(C)C(=O)N[C@H]1c1cccc(F)c1. The molecule has 2 aromatic carbocycles. The third-order valence-electron chi connectivity index (χ3n) is 6.67. The maximum Gasteiger partial charge on any atom is 0.338 e. The third kappa shape index (κ3) is 5.64. The molecule has 2 aliphatic heterocycles. The minimum Gasteiger partial charge on any atom is -0.463 e. The molecular weight excluding hydrogens is 482 g/mol. The van der Waals surface area contributed by atoms with Crippen molar-refractivity contribution in [1.29, 1.82) is 0 Å². The van der Waals surface area contributed by atoms with E-state index < -0.39 is 29.7 Å². The van der Waals surface area contributed by atoms with Gasteiger partial charge in [0, 0.05) is 50.5 Å². The van der Waals surface area contributed by atoms with Crippen molar-refractivity contribution >= 4 is 17.9 Å². The van der Waals surface area contributed by atoms with Crippen LogP contribution >= 0.6 is 0 Å². The topological polar surface area (TPSA) is 82.2 Å². The summed E-state index contributed by atoms with van der Waals surface area (Å²) in [5, 5.41) is 2.78. The highest BCUT2D eigenvalue weighted by Gasteiger charge is 2.38. The third-order valence-corrected chi connectivity index (χ3v) is 6.67. The van der Waals surface area contributed by atoms with Crippen molar-refractivity contribution in [3.8, 4) is 0 Å². The van der Waals surface area contributed by atoms with E-state index >= 15 is 0 Å². The highest BCUT2D eigenvalue weighted by molar-refractivity contribution is 5.95.